The summed E-state index contributed by atoms with van der Waals surface area (Å²) in [6.07, 6.45) is 0. The highest BCUT2D eigenvalue weighted by Gasteiger charge is 2.12. The summed E-state index contributed by atoms with van der Waals surface area (Å²) in [5.74, 6) is 0.673. The topological polar surface area (TPSA) is 80.6 Å². The van der Waals surface area contributed by atoms with E-state index >= 15 is 0 Å². The number of para-hydroxylation sites is 1. The Hall–Kier alpha value is -3.19. The number of amides is 2. The van der Waals surface area contributed by atoms with Crippen molar-refractivity contribution in [3.63, 3.8) is 0 Å². The lowest BCUT2D eigenvalue weighted by Gasteiger charge is -2.06. The van der Waals surface area contributed by atoms with Crippen molar-refractivity contribution in [3.05, 3.63) is 83.8 Å². The van der Waals surface area contributed by atoms with Gasteiger partial charge in [0.2, 0.25) is 5.91 Å². The number of nitrogens with one attached hydrogen (secondary N) is 2. The van der Waals surface area contributed by atoms with Crippen molar-refractivity contribution in [2.75, 3.05) is 5.75 Å². The van der Waals surface area contributed by atoms with Gasteiger partial charge in [0, 0.05) is 4.90 Å². The van der Waals surface area contributed by atoms with Crippen LogP contribution in [0.25, 0.3) is 0 Å². The fourth-order valence-electron chi connectivity index (χ4n) is 2.26. The van der Waals surface area contributed by atoms with Crippen LogP contribution in [0, 0.1) is 6.92 Å². The minimum Gasteiger partial charge on any atom is -0.486 e. The SMILES string of the molecule is Cc1ccc(SCC(=O)NNC(=O)c2ccc(COc3ccccc3)o2)cc1. The Bertz CT molecular complexity index is 923. The molecule has 28 heavy (non-hydrogen) atoms. The van der Waals surface area contributed by atoms with Crippen molar-refractivity contribution in [1.82, 2.24) is 10.9 Å². The number of carbonyl (C=O) groups excluding carboxylic acids is 2. The molecule has 0 bridgehead atoms. The third kappa shape index (κ3) is 5.92. The number of hydrogen-bond donors (Lipinski definition) is 2. The molecule has 0 atom stereocenters. The van der Waals surface area contributed by atoms with Crippen LogP contribution < -0.4 is 15.6 Å². The Kier molecular flexibility index (Phi) is 6.75. The highest BCUT2D eigenvalue weighted by atomic mass is 32.2. The molecule has 0 unspecified atom stereocenters. The van der Waals surface area contributed by atoms with E-state index in [-0.39, 0.29) is 24.0 Å². The Morgan fingerprint density at radius 2 is 1.71 bits per heavy atom. The zero-order valence-corrected chi connectivity index (χ0v) is 16.1. The Morgan fingerprint density at radius 3 is 2.46 bits per heavy atom. The van der Waals surface area contributed by atoms with E-state index in [9.17, 15) is 9.59 Å². The summed E-state index contributed by atoms with van der Waals surface area (Å²) in [4.78, 5) is 25.0. The fourth-order valence-corrected chi connectivity index (χ4v) is 2.95. The third-order valence-electron chi connectivity index (χ3n) is 3.72. The third-order valence-corrected chi connectivity index (χ3v) is 4.73. The van der Waals surface area contributed by atoms with Crippen molar-refractivity contribution in [3.8, 4) is 5.75 Å². The molecule has 7 heteroatoms. The van der Waals surface area contributed by atoms with Crippen molar-refractivity contribution >= 4 is 23.6 Å². The van der Waals surface area contributed by atoms with E-state index in [0.717, 1.165) is 10.5 Å². The van der Waals surface area contributed by atoms with Crippen molar-refractivity contribution in [2.45, 2.75) is 18.4 Å². The first-order valence-corrected chi connectivity index (χ1v) is 9.64. The fraction of sp³-hybridized carbons (Fsp3) is 0.143. The number of furan rings is 1. The van der Waals surface area contributed by atoms with Crippen LogP contribution in [0.3, 0.4) is 0 Å². The first-order chi connectivity index (χ1) is 13.6. The second kappa shape index (κ2) is 9.66. The van der Waals surface area contributed by atoms with Crippen molar-refractivity contribution in [2.24, 2.45) is 0 Å². The largest absolute Gasteiger partial charge is 0.486 e. The second-order valence-electron chi connectivity index (χ2n) is 5.97. The summed E-state index contributed by atoms with van der Waals surface area (Å²) in [7, 11) is 0. The van der Waals surface area contributed by atoms with Crippen LogP contribution in [0.2, 0.25) is 0 Å². The standard InChI is InChI=1S/C21H20N2O4S/c1-15-7-10-18(11-8-15)28-14-20(24)22-23-21(25)19-12-9-17(27-19)13-26-16-5-3-2-4-6-16/h2-12H,13-14H2,1H3,(H,22,24)(H,23,25). The predicted octanol–water partition coefficient (Wildman–Crippen LogP) is 3.72. The van der Waals surface area contributed by atoms with Gasteiger partial charge in [0.15, 0.2) is 5.76 Å². The lowest BCUT2D eigenvalue weighted by Crippen LogP contribution is -2.42. The number of thioether (sulfide) groups is 1. The molecular formula is C21H20N2O4S. The summed E-state index contributed by atoms with van der Waals surface area (Å²) in [5.41, 5.74) is 5.88. The normalized spacial score (nSPS) is 10.3. The Balaban J connectivity index is 1.41. The molecule has 2 amide bonds. The number of benzene rings is 2. The van der Waals surface area contributed by atoms with Gasteiger partial charge in [-0.25, -0.2) is 0 Å². The van der Waals surface area contributed by atoms with Gasteiger partial charge in [0.25, 0.3) is 0 Å². The zero-order valence-electron chi connectivity index (χ0n) is 15.3. The van der Waals surface area contributed by atoms with Crippen LogP contribution in [0.4, 0.5) is 0 Å². The van der Waals surface area contributed by atoms with Crippen molar-refractivity contribution < 1.29 is 18.7 Å². The maximum atomic E-state index is 12.1. The lowest BCUT2D eigenvalue weighted by atomic mass is 10.2. The summed E-state index contributed by atoms with van der Waals surface area (Å²) >= 11 is 1.39. The van der Waals surface area contributed by atoms with E-state index in [1.54, 1.807) is 6.07 Å². The average Bonchev–Trinajstić information content (AvgIpc) is 3.20. The molecule has 2 N–H and O–H groups in total. The van der Waals surface area contributed by atoms with E-state index in [1.165, 1.54) is 17.8 Å². The van der Waals surface area contributed by atoms with E-state index in [1.807, 2.05) is 61.5 Å². The van der Waals surface area contributed by atoms with Crippen LogP contribution in [0.1, 0.15) is 21.9 Å². The number of ether oxygens (including phenoxy) is 1. The minimum atomic E-state index is -0.528. The number of rotatable bonds is 7. The van der Waals surface area contributed by atoms with Gasteiger partial charge in [-0.05, 0) is 43.3 Å². The van der Waals surface area contributed by atoms with E-state index in [4.69, 9.17) is 9.15 Å². The molecule has 1 aromatic heterocycles. The maximum Gasteiger partial charge on any atom is 0.305 e. The molecule has 6 nitrogen and oxygen atoms in total. The molecule has 0 aliphatic rings. The van der Waals surface area contributed by atoms with Crippen LogP contribution in [-0.2, 0) is 11.4 Å². The minimum absolute atomic E-state index is 0.0955. The van der Waals surface area contributed by atoms with Crippen molar-refractivity contribution in [1.29, 1.82) is 0 Å². The first-order valence-electron chi connectivity index (χ1n) is 8.65. The van der Waals surface area contributed by atoms with Gasteiger partial charge in [-0.15, -0.1) is 11.8 Å². The molecule has 3 aromatic rings. The quantitative estimate of drug-likeness (QED) is 0.470. The Morgan fingerprint density at radius 1 is 0.964 bits per heavy atom. The molecular weight excluding hydrogens is 376 g/mol. The lowest BCUT2D eigenvalue weighted by molar-refractivity contribution is -0.119. The highest BCUT2D eigenvalue weighted by Crippen LogP contribution is 2.17. The van der Waals surface area contributed by atoms with Crippen LogP contribution in [0.5, 0.6) is 5.75 Å². The number of hydrazine groups is 1. The molecule has 2 aromatic carbocycles. The zero-order chi connectivity index (χ0) is 19.8. The summed E-state index contributed by atoms with van der Waals surface area (Å²) < 4.78 is 11.0. The number of hydrogen-bond acceptors (Lipinski definition) is 5. The summed E-state index contributed by atoms with van der Waals surface area (Å²) in [6, 6.07) is 20.4. The van der Waals surface area contributed by atoms with Gasteiger partial charge in [-0.1, -0.05) is 35.9 Å². The highest BCUT2D eigenvalue weighted by molar-refractivity contribution is 8.00. The maximum absolute atomic E-state index is 12.1. The van der Waals surface area contributed by atoms with E-state index < -0.39 is 5.91 Å². The van der Waals surface area contributed by atoms with Gasteiger partial charge >= 0.3 is 5.91 Å². The van der Waals surface area contributed by atoms with E-state index in [0.29, 0.717) is 11.5 Å². The average molecular weight is 396 g/mol. The number of carbonyl (C=O) groups is 2. The molecule has 0 saturated carbocycles. The smallest absolute Gasteiger partial charge is 0.305 e. The Labute approximate surface area is 167 Å². The monoisotopic (exact) mass is 396 g/mol. The van der Waals surface area contributed by atoms with Crippen LogP contribution in [-0.4, -0.2) is 17.6 Å². The molecule has 0 radical (unpaired) electrons. The van der Waals surface area contributed by atoms with Crippen LogP contribution in [0.15, 0.2) is 76.0 Å². The first kappa shape index (κ1) is 19.6. The van der Waals surface area contributed by atoms with E-state index in [2.05, 4.69) is 10.9 Å². The van der Waals surface area contributed by atoms with Gasteiger partial charge in [0.05, 0.1) is 5.75 Å². The van der Waals surface area contributed by atoms with Gasteiger partial charge in [-0.3, -0.25) is 20.4 Å². The van der Waals surface area contributed by atoms with Gasteiger partial charge < -0.3 is 9.15 Å². The van der Waals surface area contributed by atoms with Crippen LogP contribution >= 0.6 is 11.8 Å². The second-order valence-corrected chi connectivity index (χ2v) is 7.02. The predicted molar refractivity (Wildman–Crippen MR) is 107 cm³/mol. The molecule has 0 aliphatic heterocycles. The molecule has 0 aliphatic carbocycles. The molecule has 1 heterocycles. The molecule has 3 rings (SSSR count). The molecule has 0 fully saturated rings. The molecule has 0 saturated heterocycles. The summed E-state index contributed by atoms with van der Waals surface area (Å²) in [5, 5.41) is 0. The summed E-state index contributed by atoms with van der Waals surface area (Å²) in [6.45, 7) is 2.21. The van der Waals surface area contributed by atoms with Gasteiger partial charge in [0.1, 0.15) is 18.1 Å². The number of aryl methyl sites for hydroxylation is 1. The molecule has 0 spiro atoms. The van der Waals surface area contributed by atoms with Gasteiger partial charge in [-0.2, -0.15) is 0 Å². The molecule has 144 valence electrons.